The van der Waals surface area contributed by atoms with Crippen LogP contribution in [-0.4, -0.2) is 31.3 Å². The number of hydrogen-bond acceptors (Lipinski definition) is 6. The maximum atomic E-state index is 12.2. The van der Waals surface area contributed by atoms with E-state index in [4.69, 9.17) is 9.47 Å². The van der Waals surface area contributed by atoms with E-state index >= 15 is 0 Å². The number of nitrogens with one attached hydrogen (secondary N) is 1. The third-order valence-electron chi connectivity index (χ3n) is 3.22. The van der Waals surface area contributed by atoms with Gasteiger partial charge in [-0.1, -0.05) is 0 Å². The molecule has 0 spiro atoms. The molecule has 0 heterocycles. The Labute approximate surface area is 151 Å². The Bertz CT molecular complexity index is 839. The van der Waals surface area contributed by atoms with Gasteiger partial charge in [0.2, 0.25) is 0 Å². The number of nitro groups is 1. The molecule has 9 heteroatoms. The number of rotatable bonds is 6. The summed E-state index contributed by atoms with van der Waals surface area (Å²) in [5.41, 5.74) is 3.20. The number of hydrogen-bond donors (Lipinski definition) is 1. The first kappa shape index (κ1) is 18.4. The summed E-state index contributed by atoms with van der Waals surface area (Å²) < 4.78 is 10.7. The minimum Gasteiger partial charge on any atom is -0.497 e. The minimum absolute atomic E-state index is 0.0453. The number of amides is 1. The average molecular weight is 408 g/mol. The van der Waals surface area contributed by atoms with E-state index in [1.54, 1.807) is 18.2 Å². The summed E-state index contributed by atoms with van der Waals surface area (Å²) in [6, 6.07) is 9.01. The van der Waals surface area contributed by atoms with Crippen LogP contribution in [0, 0.1) is 10.1 Å². The van der Waals surface area contributed by atoms with Crippen LogP contribution in [0.25, 0.3) is 0 Å². The molecule has 0 unspecified atom stereocenters. The second kappa shape index (κ2) is 8.25. The van der Waals surface area contributed by atoms with Crippen molar-refractivity contribution in [2.75, 3.05) is 14.2 Å². The maximum absolute atomic E-state index is 12.2. The number of ether oxygens (including phenoxy) is 2. The number of halogens is 1. The molecule has 0 saturated carbocycles. The van der Waals surface area contributed by atoms with Gasteiger partial charge in [0, 0.05) is 28.2 Å². The van der Waals surface area contributed by atoms with E-state index in [2.05, 4.69) is 26.5 Å². The van der Waals surface area contributed by atoms with Crippen molar-refractivity contribution >= 4 is 33.7 Å². The molecular weight excluding hydrogens is 394 g/mol. The van der Waals surface area contributed by atoms with Crippen LogP contribution < -0.4 is 14.9 Å². The highest BCUT2D eigenvalue weighted by molar-refractivity contribution is 9.10. The highest BCUT2D eigenvalue weighted by Gasteiger charge is 2.13. The predicted octanol–water partition coefficient (Wildman–Crippen LogP) is 3.14. The zero-order valence-corrected chi connectivity index (χ0v) is 14.9. The Kier molecular flexibility index (Phi) is 6.07. The molecule has 0 saturated heterocycles. The molecule has 0 aliphatic rings. The van der Waals surface area contributed by atoms with E-state index in [0.717, 1.165) is 0 Å². The molecule has 0 aliphatic heterocycles. The summed E-state index contributed by atoms with van der Waals surface area (Å²) in [6.07, 6.45) is 1.38. The van der Waals surface area contributed by atoms with Gasteiger partial charge >= 0.3 is 0 Å². The number of carbonyl (C=O) groups is 1. The zero-order chi connectivity index (χ0) is 18.4. The lowest BCUT2D eigenvalue weighted by Crippen LogP contribution is -2.18. The highest BCUT2D eigenvalue weighted by atomic mass is 79.9. The molecule has 0 fully saturated rings. The summed E-state index contributed by atoms with van der Waals surface area (Å²) in [7, 11) is 2.96. The van der Waals surface area contributed by atoms with Crippen LogP contribution in [-0.2, 0) is 0 Å². The van der Waals surface area contributed by atoms with Gasteiger partial charge < -0.3 is 9.47 Å². The van der Waals surface area contributed by atoms with Crippen molar-refractivity contribution in [1.29, 1.82) is 0 Å². The van der Waals surface area contributed by atoms with Crippen LogP contribution >= 0.6 is 15.9 Å². The van der Waals surface area contributed by atoms with E-state index in [1.165, 1.54) is 38.6 Å². The van der Waals surface area contributed by atoms with E-state index in [-0.39, 0.29) is 5.69 Å². The summed E-state index contributed by atoms with van der Waals surface area (Å²) in [5.74, 6) is 0.448. The van der Waals surface area contributed by atoms with E-state index in [1.807, 2.05) is 0 Å². The Morgan fingerprint density at radius 2 is 2.00 bits per heavy atom. The molecule has 8 nitrogen and oxygen atoms in total. The summed E-state index contributed by atoms with van der Waals surface area (Å²) in [6.45, 7) is 0. The number of methoxy groups -OCH3 is 2. The molecule has 1 amide bonds. The van der Waals surface area contributed by atoms with Crippen molar-refractivity contribution in [1.82, 2.24) is 5.43 Å². The Hall–Kier alpha value is -2.94. The molecule has 0 aromatic heterocycles. The maximum Gasteiger partial charge on any atom is 0.275 e. The SMILES string of the molecule is COc1ccc(C(=O)NN=Cc2ccc([N+](=O)[O-])cc2Br)c(OC)c1. The van der Waals surface area contributed by atoms with Crippen molar-refractivity contribution in [2.24, 2.45) is 5.10 Å². The van der Waals surface area contributed by atoms with Gasteiger partial charge in [-0.15, -0.1) is 0 Å². The number of carbonyl (C=O) groups excluding carboxylic acids is 1. The molecule has 2 aromatic carbocycles. The third-order valence-corrected chi connectivity index (χ3v) is 3.90. The van der Waals surface area contributed by atoms with Gasteiger partial charge in [0.25, 0.3) is 11.6 Å². The van der Waals surface area contributed by atoms with Crippen LogP contribution in [0.5, 0.6) is 11.5 Å². The molecule has 0 atom stereocenters. The van der Waals surface area contributed by atoms with Gasteiger partial charge in [-0.05, 0) is 34.1 Å². The highest BCUT2D eigenvalue weighted by Crippen LogP contribution is 2.24. The van der Waals surface area contributed by atoms with Crippen molar-refractivity contribution in [3.05, 3.63) is 62.1 Å². The lowest BCUT2D eigenvalue weighted by molar-refractivity contribution is -0.384. The van der Waals surface area contributed by atoms with E-state index in [0.29, 0.717) is 27.1 Å². The zero-order valence-electron chi connectivity index (χ0n) is 13.4. The molecule has 130 valence electrons. The molecule has 25 heavy (non-hydrogen) atoms. The van der Waals surface area contributed by atoms with Gasteiger partial charge in [-0.3, -0.25) is 14.9 Å². The molecule has 0 bridgehead atoms. The number of benzene rings is 2. The first-order valence-electron chi connectivity index (χ1n) is 6.95. The second-order valence-corrected chi connectivity index (χ2v) is 5.58. The van der Waals surface area contributed by atoms with E-state index in [9.17, 15) is 14.9 Å². The first-order chi connectivity index (χ1) is 12.0. The Morgan fingerprint density at radius 1 is 1.24 bits per heavy atom. The third kappa shape index (κ3) is 4.54. The van der Waals surface area contributed by atoms with Gasteiger partial charge in [-0.2, -0.15) is 5.10 Å². The fourth-order valence-electron chi connectivity index (χ4n) is 1.94. The second-order valence-electron chi connectivity index (χ2n) is 4.73. The van der Waals surface area contributed by atoms with Crippen molar-refractivity contribution < 1.29 is 19.2 Å². The van der Waals surface area contributed by atoms with Crippen LogP contribution in [0.4, 0.5) is 5.69 Å². The Morgan fingerprint density at radius 3 is 2.60 bits per heavy atom. The molecule has 1 N–H and O–H groups in total. The topological polar surface area (TPSA) is 103 Å². The fourth-order valence-corrected chi connectivity index (χ4v) is 2.41. The quantitative estimate of drug-likeness (QED) is 0.450. The summed E-state index contributed by atoms with van der Waals surface area (Å²) in [5, 5.41) is 14.6. The summed E-state index contributed by atoms with van der Waals surface area (Å²) in [4.78, 5) is 22.4. The Balaban J connectivity index is 2.12. The fraction of sp³-hybridized carbons (Fsp3) is 0.125. The van der Waals surface area contributed by atoms with E-state index < -0.39 is 10.8 Å². The lowest BCUT2D eigenvalue weighted by atomic mass is 10.2. The molecular formula is C16H14BrN3O5. The van der Waals surface area contributed by atoms with Crippen LogP contribution in [0.15, 0.2) is 46.0 Å². The van der Waals surface area contributed by atoms with Crippen molar-refractivity contribution in [3.8, 4) is 11.5 Å². The van der Waals surface area contributed by atoms with Gasteiger partial charge in [0.1, 0.15) is 11.5 Å². The van der Waals surface area contributed by atoms with Crippen LogP contribution in [0.3, 0.4) is 0 Å². The number of nitro benzene ring substituents is 1. The predicted molar refractivity (Wildman–Crippen MR) is 95.4 cm³/mol. The van der Waals surface area contributed by atoms with Crippen molar-refractivity contribution in [2.45, 2.75) is 0 Å². The monoisotopic (exact) mass is 407 g/mol. The van der Waals surface area contributed by atoms with Gasteiger partial charge in [0.15, 0.2) is 0 Å². The van der Waals surface area contributed by atoms with Crippen LogP contribution in [0.1, 0.15) is 15.9 Å². The lowest BCUT2D eigenvalue weighted by Gasteiger charge is -2.08. The summed E-state index contributed by atoms with van der Waals surface area (Å²) >= 11 is 3.22. The average Bonchev–Trinajstić information content (AvgIpc) is 2.62. The molecule has 2 rings (SSSR count). The smallest absolute Gasteiger partial charge is 0.275 e. The number of nitrogens with zero attached hydrogens (tertiary/aromatic N) is 2. The number of hydrazone groups is 1. The minimum atomic E-state index is -0.497. The van der Waals surface area contributed by atoms with Gasteiger partial charge in [0.05, 0.1) is 30.9 Å². The first-order valence-corrected chi connectivity index (χ1v) is 7.75. The van der Waals surface area contributed by atoms with Gasteiger partial charge in [-0.25, -0.2) is 5.43 Å². The standard InChI is InChI=1S/C16H14BrN3O5/c1-24-12-5-6-13(15(8-12)25-2)16(21)19-18-9-10-3-4-11(20(22)23)7-14(10)17/h3-9H,1-2H3,(H,19,21). The van der Waals surface area contributed by atoms with Crippen molar-refractivity contribution in [3.63, 3.8) is 0 Å². The normalized spacial score (nSPS) is 10.5. The molecule has 0 aliphatic carbocycles. The number of non-ortho nitro benzene ring substituents is 1. The van der Waals surface area contributed by atoms with Crippen LogP contribution in [0.2, 0.25) is 0 Å². The molecule has 0 radical (unpaired) electrons. The largest absolute Gasteiger partial charge is 0.497 e. The molecule has 2 aromatic rings.